The molecule has 0 radical (unpaired) electrons. The highest BCUT2D eigenvalue weighted by molar-refractivity contribution is 5.78. The average molecular weight is 298 g/mol. The first kappa shape index (κ1) is 16.0. The molecule has 0 aliphatic heterocycles. The summed E-state index contributed by atoms with van der Waals surface area (Å²) < 4.78 is 5.62. The highest BCUT2D eigenvalue weighted by Crippen LogP contribution is 2.13. The van der Waals surface area contributed by atoms with Crippen molar-refractivity contribution in [2.24, 2.45) is 5.92 Å². The van der Waals surface area contributed by atoms with E-state index < -0.39 is 0 Å². The lowest BCUT2D eigenvalue weighted by atomic mass is 10.1. The second-order valence-corrected chi connectivity index (χ2v) is 5.34. The summed E-state index contributed by atoms with van der Waals surface area (Å²) in [6.45, 7) is 4.37. The van der Waals surface area contributed by atoms with E-state index in [0.717, 1.165) is 11.4 Å². The Bertz CT molecular complexity index is 572. The molecule has 1 amide bonds. The molecule has 0 aliphatic rings. The maximum Gasteiger partial charge on any atom is 0.223 e. The molecule has 2 aromatic rings. The standard InChI is InChI=1S/C18H22N2O2/c1-14(11-13-22-16-8-4-3-5-9-16)18(21)20-15(2)17-10-6-7-12-19-17/h3-10,12,14-15H,11,13H2,1-2H3,(H,20,21). The molecule has 0 bridgehead atoms. The molecule has 116 valence electrons. The third-order valence-corrected chi connectivity index (χ3v) is 3.50. The minimum absolute atomic E-state index is 0.0230. The van der Waals surface area contributed by atoms with Crippen molar-refractivity contribution < 1.29 is 9.53 Å². The number of ether oxygens (including phenoxy) is 1. The van der Waals surface area contributed by atoms with Gasteiger partial charge in [0.05, 0.1) is 18.3 Å². The number of hydrogen-bond donors (Lipinski definition) is 1. The Morgan fingerprint density at radius 3 is 2.55 bits per heavy atom. The Morgan fingerprint density at radius 2 is 1.86 bits per heavy atom. The molecule has 1 N–H and O–H groups in total. The van der Waals surface area contributed by atoms with Crippen LogP contribution in [0, 0.1) is 5.92 Å². The molecule has 1 aromatic carbocycles. The number of rotatable bonds is 7. The predicted octanol–water partition coefficient (Wildman–Crippen LogP) is 3.36. The van der Waals surface area contributed by atoms with Gasteiger partial charge in [0.1, 0.15) is 5.75 Å². The van der Waals surface area contributed by atoms with E-state index in [4.69, 9.17) is 4.74 Å². The normalized spacial score (nSPS) is 13.2. The van der Waals surface area contributed by atoms with Crippen LogP contribution >= 0.6 is 0 Å². The predicted molar refractivity (Wildman–Crippen MR) is 86.5 cm³/mol. The molecular weight excluding hydrogens is 276 g/mol. The van der Waals surface area contributed by atoms with E-state index >= 15 is 0 Å². The fraction of sp³-hybridized carbons (Fsp3) is 0.333. The summed E-state index contributed by atoms with van der Waals surface area (Å²) >= 11 is 0. The van der Waals surface area contributed by atoms with Gasteiger partial charge in [-0.1, -0.05) is 31.2 Å². The first-order valence-electron chi connectivity index (χ1n) is 7.56. The fourth-order valence-corrected chi connectivity index (χ4v) is 2.06. The van der Waals surface area contributed by atoms with Crippen LogP contribution in [0.4, 0.5) is 0 Å². The van der Waals surface area contributed by atoms with Gasteiger partial charge in [0.2, 0.25) is 5.91 Å². The number of nitrogens with one attached hydrogen (secondary N) is 1. The van der Waals surface area contributed by atoms with Gasteiger partial charge in [-0.25, -0.2) is 0 Å². The van der Waals surface area contributed by atoms with Crippen molar-refractivity contribution in [3.05, 3.63) is 60.4 Å². The molecule has 0 spiro atoms. The smallest absolute Gasteiger partial charge is 0.223 e. The summed E-state index contributed by atoms with van der Waals surface area (Å²) in [5, 5.41) is 2.99. The summed E-state index contributed by atoms with van der Waals surface area (Å²) in [7, 11) is 0. The van der Waals surface area contributed by atoms with Crippen molar-refractivity contribution in [2.75, 3.05) is 6.61 Å². The van der Waals surface area contributed by atoms with Gasteiger partial charge >= 0.3 is 0 Å². The third kappa shape index (κ3) is 4.88. The Morgan fingerprint density at radius 1 is 1.14 bits per heavy atom. The Kier molecular flexibility index (Phi) is 5.95. The Hall–Kier alpha value is -2.36. The monoisotopic (exact) mass is 298 g/mol. The minimum Gasteiger partial charge on any atom is -0.494 e. The van der Waals surface area contributed by atoms with Gasteiger partial charge in [-0.05, 0) is 37.6 Å². The zero-order valence-electron chi connectivity index (χ0n) is 13.0. The summed E-state index contributed by atoms with van der Waals surface area (Å²) in [4.78, 5) is 16.4. The quantitative estimate of drug-likeness (QED) is 0.852. The van der Waals surface area contributed by atoms with Crippen LogP contribution in [0.1, 0.15) is 32.0 Å². The van der Waals surface area contributed by atoms with Gasteiger partial charge in [-0.15, -0.1) is 0 Å². The van der Waals surface area contributed by atoms with Crippen molar-refractivity contribution in [3.63, 3.8) is 0 Å². The van der Waals surface area contributed by atoms with Crippen molar-refractivity contribution in [1.82, 2.24) is 10.3 Å². The first-order chi connectivity index (χ1) is 10.7. The van der Waals surface area contributed by atoms with Gasteiger partial charge < -0.3 is 10.1 Å². The molecule has 2 atom stereocenters. The number of nitrogens with zero attached hydrogens (tertiary/aromatic N) is 1. The molecule has 0 fully saturated rings. The maximum atomic E-state index is 12.2. The van der Waals surface area contributed by atoms with Crippen LogP contribution in [0.3, 0.4) is 0 Å². The van der Waals surface area contributed by atoms with Crippen molar-refractivity contribution in [1.29, 1.82) is 0 Å². The number of amides is 1. The molecule has 1 aromatic heterocycles. The maximum absolute atomic E-state index is 12.2. The molecule has 22 heavy (non-hydrogen) atoms. The van der Waals surface area contributed by atoms with E-state index in [-0.39, 0.29) is 17.9 Å². The lowest BCUT2D eigenvalue weighted by Crippen LogP contribution is -2.32. The zero-order valence-corrected chi connectivity index (χ0v) is 13.0. The minimum atomic E-state index is -0.102. The lowest BCUT2D eigenvalue weighted by Gasteiger charge is -2.17. The van der Waals surface area contributed by atoms with E-state index in [9.17, 15) is 4.79 Å². The largest absolute Gasteiger partial charge is 0.494 e. The number of carbonyl (C=O) groups excluding carboxylic acids is 1. The van der Waals surface area contributed by atoms with Crippen molar-refractivity contribution in [2.45, 2.75) is 26.3 Å². The number of pyridine rings is 1. The van der Waals surface area contributed by atoms with Gasteiger partial charge in [0, 0.05) is 12.1 Å². The number of benzene rings is 1. The zero-order chi connectivity index (χ0) is 15.8. The van der Waals surface area contributed by atoms with Crippen molar-refractivity contribution >= 4 is 5.91 Å². The summed E-state index contributed by atoms with van der Waals surface area (Å²) in [6, 6.07) is 15.2. The molecule has 1 heterocycles. The van der Waals surface area contributed by atoms with Crippen LogP contribution in [-0.4, -0.2) is 17.5 Å². The van der Waals surface area contributed by atoms with Crippen molar-refractivity contribution in [3.8, 4) is 5.75 Å². The second kappa shape index (κ2) is 8.17. The van der Waals surface area contributed by atoms with Crippen LogP contribution in [0.2, 0.25) is 0 Å². The molecule has 4 heteroatoms. The second-order valence-electron chi connectivity index (χ2n) is 5.34. The van der Waals surface area contributed by atoms with E-state index in [1.54, 1.807) is 6.20 Å². The van der Waals surface area contributed by atoms with E-state index in [1.165, 1.54) is 0 Å². The number of para-hydroxylation sites is 1. The summed E-state index contributed by atoms with van der Waals surface area (Å²) in [5.74, 6) is 0.752. The number of carbonyl (C=O) groups is 1. The van der Waals surface area contributed by atoms with Crippen LogP contribution in [-0.2, 0) is 4.79 Å². The van der Waals surface area contributed by atoms with Gasteiger partial charge in [-0.3, -0.25) is 9.78 Å². The van der Waals surface area contributed by atoms with Crippen LogP contribution in [0.15, 0.2) is 54.7 Å². The average Bonchev–Trinajstić information content (AvgIpc) is 2.56. The SMILES string of the molecule is CC(CCOc1ccccc1)C(=O)NC(C)c1ccccn1. The van der Waals surface area contributed by atoms with E-state index in [2.05, 4.69) is 10.3 Å². The highest BCUT2D eigenvalue weighted by atomic mass is 16.5. The summed E-state index contributed by atoms with van der Waals surface area (Å²) in [6.07, 6.45) is 2.41. The van der Waals surface area contributed by atoms with Crippen LogP contribution < -0.4 is 10.1 Å². The molecule has 4 nitrogen and oxygen atoms in total. The lowest BCUT2D eigenvalue weighted by molar-refractivity contribution is -0.125. The topological polar surface area (TPSA) is 51.2 Å². The van der Waals surface area contributed by atoms with Gasteiger partial charge in [0.15, 0.2) is 0 Å². The Labute approximate surface area is 131 Å². The fourth-order valence-electron chi connectivity index (χ4n) is 2.06. The molecular formula is C18H22N2O2. The van der Waals surface area contributed by atoms with Crippen LogP contribution in [0.5, 0.6) is 5.75 Å². The van der Waals surface area contributed by atoms with Gasteiger partial charge in [0.25, 0.3) is 0 Å². The van der Waals surface area contributed by atoms with Gasteiger partial charge in [-0.2, -0.15) is 0 Å². The van der Waals surface area contributed by atoms with E-state index in [0.29, 0.717) is 13.0 Å². The van der Waals surface area contributed by atoms with Crippen LogP contribution in [0.25, 0.3) is 0 Å². The molecule has 2 rings (SSSR count). The molecule has 0 saturated carbocycles. The highest BCUT2D eigenvalue weighted by Gasteiger charge is 2.16. The number of aromatic nitrogens is 1. The Balaban J connectivity index is 1.75. The summed E-state index contributed by atoms with van der Waals surface area (Å²) in [5.41, 5.74) is 0.864. The molecule has 0 saturated heterocycles. The first-order valence-corrected chi connectivity index (χ1v) is 7.56. The number of hydrogen-bond acceptors (Lipinski definition) is 3. The van der Waals surface area contributed by atoms with E-state index in [1.807, 2.05) is 62.4 Å². The molecule has 0 aliphatic carbocycles. The molecule has 2 unspecified atom stereocenters. The third-order valence-electron chi connectivity index (χ3n) is 3.50.